The predicted octanol–water partition coefficient (Wildman–Crippen LogP) is 1.49. The Hall–Kier alpha value is -0.670. The third-order valence-corrected chi connectivity index (χ3v) is 5.92. The molecule has 0 bridgehead atoms. The smallest absolute Gasteiger partial charge is 0.215 e. The fourth-order valence-electron chi connectivity index (χ4n) is 3.09. The largest absolute Gasteiger partial charge is 0.373 e. The SMILES string of the molecule is CC1CN(S(=O)(=O)CCNCc2cn(C)nc2C(C)C)CC(C)O1.Cl. The molecule has 7 nitrogen and oxygen atoms in total. The van der Waals surface area contributed by atoms with Gasteiger partial charge in [-0.15, -0.1) is 12.4 Å². The maximum absolute atomic E-state index is 12.5. The number of morpholine rings is 1. The molecule has 2 atom stereocenters. The molecule has 0 saturated carbocycles. The molecule has 9 heteroatoms. The molecule has 0 aliphatic carbocycles. The van der Waals surface area contributed by atoms with Crippen molar-refractivity contribution in [3.05, 3.63) is 17.5 Å². The fraction of sp³-hybridized carbons (Fsp3) is 0.812. The van der Waals surface area contributed by atoms with Gasteiger partial charge in [0.1, 0.15) is 0 Å². The minimum absolute atomic E-state index is 0. The van der Waals surface area contributed by atoms with Gasteiger partial charge in [0, 0.05) is 45.0 Å². The van der Waals surface area contributed by atoms with Crippen molar-refractivity contribution < 1.29 is 13.2 Å². The monoisotopic (exact) mass is 394 g/mol. The van der Waals surface area contributed by atoms with Crippen LogP contribution in [0.5, 0.6) is 0 Å². The van der Waals surface area contributed by atoms with E-state index in [0.717, 1.165) is 11.3 Å². The number of nitrogens with zero attached hydrogens (tertiary/aromatic N) is 3. The van der Waals surface area contributed by atoms with Crippen LogP contribution in [0.1, 0.15) is 44.9 Å². The summed E-state index contributed by atoms with van der Waals surface area (Å²) in [6.45, 7) is 9.97. The van der Waals surface area contributed by atoms with Crippen molar-refractivity contribution in [2.75, 3.05) is 25.4 Å². The standard InChI is InChI=1S/C16H30N4O3S.ClH/c1-12(2)16-15(11-19(5)18-16)8-17-6-7-24(21,22)20-9-13(3)23-14(4)10-20;/h11-14,17H,6-10H2,1-5H3;1H. The Labute approximate surface area is 157 Å². The number of aromatic nitrogens is 2. The highest BCUT2D eigenvalue weighted by molar-refractivity contribution is 7.89. The van der Waals surface area contributed by atoms with E-state index in [1.807, 2.05) is 27.1 Å². The Morgan fingerprint density at radius 2 is 1.92 bits per heavy atom. The molecular weight excluding hydrogens is 364 g/mol. The quantitative estimate of drug-likeness (QED) is 0.709. The normalized spacial score (nSPS) is 22.2. The number of rotatable bonds is 7. The zero-order valence-corrected chi connectivity index (χ0v) is 17.4. The maximum atomic E-state index is 12.5. The van der Waals surface area contributed by atoms with Gasteiger partial charge in [-0.05, 0) is 19.8 Å². The number of halogens is 1. The first-order chi connectivity index (χ1) is 11.2. The molecule has 0 radical (unpaired) electrons. The van der Waals surface area contributed by atoms with Gasteiger partial charge in [-0.25, -0.2) is 8.42 Å². The molecule has 1 aliphatic rings. The first-order valence-electron chi connectivity index (χ1n) is 8.55. The molecule has 0 spiro atoms. The highest BCUT2D eigenvalue weighted by Gasteiger charge is 2.30. The molecule has 1 aromatic heterocycles. The van der Waals surface area contributed by atoms with Crippen LogP contribution in [0.25, 0.3) is 0 Å². The number of ether oxygens (including phenoxy) is 1. The van der Waals surface area contributed by atoms with Gasteiger partial charge in [0.2, 0.25) is 10.0 Å². The summed E-state index contributed by atoms with van der Waals surface area (Å²) in [4.78, 5) is 0. The Bertz CT molecular complexity index is 638. The Kier molecular flexibility index (Phi) is 8.34. The van der Waals surface area contributed by atoms with Crippen LogP contribution in [0.2, 0.25) is 0 Å². The first-order valence-corrected chi connectivity index (χ1v) is 10.2. The van der Waals surface area contributed by atoms with Crippen LogP contribution in [0.3, 0.4) is 0 Å². The van der Waals surface area contributed by atoms with Crippen molar-refractivity contribution in [1.29, 1.82) is 0 Å². The molecule has 25 heavy (non-hydrogen) atoms. The number of aryl methyl sites for hydroxylation is 1. The first kappa shape index (κ1) is 22.4. The molecule has 2 heterocycles. The van der Waals surface area contributed by atoms with Gasteiger partial charge in [0.05, 0.1) is 23.7 Å². The lowest BCUT2D eigenvalue weighted by molar-refractivity contribution is -0.0440. The summed E-state index contributed by atoms with van der Waals surface area (Å²) < 4.78 is 33.9. The van der Waals surface area contributed by atoms with Gasteiger partial charge < -0.3 is 10.1 Å². The highest BCUT2D eigenvalue weighted by Crippen LogP contribution is 2.17. The van der Waals surface area contributed by atoms with Gasteiger partial charge >= 0.3 is 0 Å². The number of sulfonamides is 1. The van der Waals surface area contributed by atoms with Gasteiger partial charge in [-0.2, -0.15) is 9.40 Å². The molecule has 1 saturated heterocycles. The molecule has 2 rings (SSSR count). The lowest BCUT2D eigenvalue weighted by atomic mass is 10.1. The van der Waals surface area contributed by atoms with Crippen LogP contribution in [-0.2, 0) is 28.4 Å². The van der Waals surface area contributed by atoms with Gasteiger partial charge in [-0.1, -0.05) is 13.8 Å². The van der Waals surface area contributed by atoms with Gasteiger partial charge in [0.25, 0.3) is 0 Å². The minimum atomic E-state index is -3.25. The van der Waals surface area contributed by atoms with Crippen molar-refractivity contribution >= 4 is 22.4 Å². The summed E-state index contributed by atoms with van der Waals surface area (Å²) in [6, 6.07) is 0. The molecule has 1 aliphatic heterocycles. The zero-order chi connectivity index (χ0) is 17.9. The summed E-state index contributed by atoms with van der Waals surface area (Å²) in [5.74, 6) is 0.451. The van der Waals surface area contributed by atoms with Crippen LogP contribution >= 0.6 is 12.4 Å². The van der Waals surface area contributed by atoms with Crippen molar-refractivity contribution in [2.45, 2.75) is 52.4 Å². The average molecular weight is 395 g/mol. The summed E-state index contributed by atoms with van der Waals surface area (Å²) >= 11 is 0. The van der Waals surface area contributed by atoms with Crippen LogP contribution in [0.15, 0.2) is 6.20 Å². The van der Waals surface area contributed by atoms with Crippen molar-refractivity contribution in [2.24, 2.45) is 7.05 Å². The minimum Gasteiger partial charge on any atom is -0.373 e. The molecular formula is C16H31ClN4O3S. The van der Waals surface area contributed by atoms with Crippen LogP contribution in [-0.4, -0.2) is 60.1 Å². The molecule has 0 aromatic carbocycles. The average Bonchev–Trinajstić information content (AvgIpc) is 2.84. The van der Waals surface area contributed by atoms with Crippen LogP contribution in [0.4, 0.5) is 0 Å². The van der Waals surface area contributed by atoms with E-state index in [-0.39, 0.29) is 30.4 Å². The van der Waals surface area contributed by atoms with E-state index in [0.29, 0.717) is 32.1 Å². The predicted molar refractivity (Wildman–Crippen MR) is 102 cm³/mol. The van der Waals surface area contributed by atoms with Crippen LogP contribution < -0.4 is 5.32 Å². The van der Waals surface area contributed by atoms with Gasteiger partial charge in [0.15, 0.2) is 0 Å². The number of nitrogens with one attached hydrogen (secondary N) is 1. The Morgan fingerprint density at radius 1 is 1.32 bits per heavy atom. The van der Waals surface area contributed by atoms with E-state index < -0.39 is 10.0 Å². The second-order valence-electron chi connectivity index (χ2n) is 6.94. The van der Waals surface area contributed by atoms with E-state index in [2.05, 4.69) is 24.3 Å². The summed E-state index contributed by atoms with van der Waals surface area (Å²) in [6.07, 6.45) is 1.88. The Balaban J connectivity index is 0.00000312. The molecule has 1 aromatic rings. The fourth-order valence-corrected chi connectivity index (χ4v) is 4.62. The van der Waals surface area contributed by atoms with Crippen molar-refractivity contribution in [3.63, 3.8) is 0 Å². The van der Waals surface area contributed by atoms with E-state index >= 15 is 0 Å². The highest BCUT2D eigenvalue weighted by atomic mass is 35.5. The summed E-state index contributed by atoms with van der Waals surface area (Å²) in [7, 11) is -1.35. The van der Waals surface area contributed by atoms with E-state index in [1.165, 1.54) is 0 Å². The molecule has 0 amide bonds. The lowest BCUT2D eigenvalue weighted by Gasteiger charge is -2.34. The van der Waals surface area contributed by atoms with Crippen molar-refractivity contribution in [1.82, 2.24) is 19.4 Å². The van der Waals surface area contributed by atoms with Gasteiger partial charge in [-0.3, -0.25) is 4.68 Å². The topological polar surface area (TPSA) is 76.5 Å². The third-order valence-electron chi connectivity index (χ3n) is 4.12. The van der Waals surface area contributed by atoms with E-state index in [9.17, 15) is 8.42 Å². The lowest BCUT2D eigenvalue weighted by Crippen LogP contribution is -2.49. The summed E-state index contributed by atoms with van der Waals surface area (Å²) in [5.41, 5.74) is 2.18. The number of hydrogen-bond donors (Lipinski definition) is 1. The maximum Gasteiger partial charge on any atom is 0.215 e. The van der Waals surface area contributed by atoms with E-state index in [4.69, 9.17) is 4.74 Å². The Morgan fingerprint density at radius 3 is 2.48 bits per heavy atom. The van der Waals surface area contributed by atoms with Crippen molar-refractivity contribution in [3.8, 4) is 0 Å². The van der Waals surface area contributed by atoms with E-state index in [1.54, 1.807) is 8.99 Å². The summed E-state index contributed by atoms with van der Waals surface area (Å²) in [5, 5.41) is 7.70. The second kappa shape index (κ2) is 9.32. The molecule has 146 valence electrons. The number of hydrogen-bond acceptors (Lipinski definition) is 5. The zero-order valence-electron chi connectivity index (χ0n) is 15.7. The molecule has 2 unspecified atom stereocenters. The van der Waals surface area contributed by atoms with Crippen LogP contribution in [0, 0.1) is 0 Å². The third kappa shape index (κ3) is 6.21. The molecule has 1 N–H and O–H groups in total. The second-order valence-corrected chi connectivity index (χ2v) is 9.02. The molecule has 1 fully saturated rings.